The van der Waals surface area contributed by atoms with Gasteiger partial charge >= 0.3 is 5.97 Å². The van der Waals surface area contributed by atoms with Crippen molar-refractivity contribution in [3.8, 4) is 0 Å². The molecule has 0 unspecified atom stereocenters. The van der Waals surface area contributed by atoms with E-state index in [1.165, 1.54) is 17.2 Å². The molecule has 0 radical (unpaired) electrons. The average molecular weight is 286 g/mol. The zero-order chi connectivity index (χ0) is 14.4. The highest BCUT2D eigenvalue weighted by atomic mass is 35.5. The van der Waals surface area contributed by atoms with Gasteiger partial charge in [0.05, 0.1) is 24.1 Å². The summed E-state index contributed by atoms with van der Waals surface area (Å²) in [5.41, 5.74) is 6.13. The summed E-state index contributed by atoms with van der Waals surface area (Å²) >= 11 is 5.74. The van der Waals surface area contributed by atoms with E-state index in [-0.39, 0.29) is 35.5 Å². The molecule has 2 N–H and O–H groups in total. The van der Waals surface area contributed by atoms with E-state index in [9.17, 15) is 9.59 Å². The Balaban J connectivity index is 2.89. The summed E-state index contributed by atoms with van der Waals surface area (Å²) in [6.45, 7) is 3.97. The first-order valence-corrected chi connectivity index (χ1v) is 6.23. The first kappa shape index (κ1) is 15.2. The third-order valence-electron chi connectivity index (χ3n) is 2.43. The quantitative estimate of drug-likeness (QED) is 0.652. The molecular weight excluding hydrogens is 270 g/mol. The lowest BCUT2D eigenvalue weighted by atomic mass is 10.2. The molecule has 0 saturated heterocycles. The van der Waals surface area contributed by atoms with Crippen LogP contribution in [0.1, 0.15) is 24.2 Å². The molecule has 1 amide bonds. The standard InChI is InChI=1S/C12H16ClN3O3/c1-3-16(7-11(17)19-4-2)12(18)8-5-10(13)15-6-9(8)14/h5-6H,3-4,7,14H2,1-2H3. The molecule has 104 valence electrons. The third-order valence-corrected chi connectivity index (χ3v) is 2.63. The molecule has 0 aliphatic rings. The number of carbonyl (C=O) groups is 2. The fourth-order valence-corrected chi connectivity index (χ4v) is 1.64. The lowest BCUT2D eigenvalue weighted by molar-refractivity contribution is -0.143. The minimum atomic E-state index is -0.462. The summed E-state index contributed by atoms with van der Waals surface area (Å²) < 4.78 is 4.81. The molecular formula is C12H16ClN3O3. The van der Waals surface area contributed by atoms with E-state index in [0.29, 0.717) is 6.54 Å². The number of nitrogens with two attached hydrogens (primary N) is 1. The van der Waals surface area contributed by atoms with Gasteiger partial charge in [0.2, 0.25) is 0 Å². The number of amides is 1. The zero-order valence-electron chi connectivity index (χ0n) is 10.9. The second-order valence-electron chi connectivity index (χ2n) is 3.72. The van der Waals surface area contributed by atoms with E-state index in [2.05, 4.69) is 4.98 Å². The van der Waals surface area contributed by atoms with Crippen molar-refractivity contribution in [3.63, 3.8) is 0 Å². The van der Waals surface area contributed by atoms with Crippen LogP contribution in [0.3, 0.4) is 0 Å². The molecule has 1 rings (SSSR count). The molecule has 0 fully saturated rings. The molecule has 0 aliphatic carbocycles. The predicted molar refractivity (Wildman–Crippen MR) is 71.9 cm³/mol. The number of nitrogens with zero attached hydrogens (tertiary/aromatic N) is 2. The minimum Gasteiger partial charge on any atom is -0.465 e. The molecule has 0 spiro atoms. The maximum atomic E-state index is 12.2. The fourth-order valence-electron chi connectivity index (χ4n) is 1.49. The Kier molecular flexibility index (Phi) is 5.57. The van der Waals surface area contributed by atoms with Crippen LogP contribution in [0.15, 0.2) is 12.3 Å². The Morgan fingerprint density at radius 3 is 2.74 bits per heavy atom. The number of anilines is 1. The SMILES string of the molecule is CCOC(=O)CN(CC)C(=O)c1cc(Cl)ncc1N. The number of halogens is 1. The number of nitrogen functional groups attached to an aromatic ring is 1. The largest absolute Gasteiger partial charge is 0.465 e. The molecule has 7 heteroatoms. The topological polar surface area (TPSA) is 85.5 Å². The van der Waals surface area contributed by atoms with Gasteiger partial charge in [-0.25, -0.2) is 4.98 Å². The van der Waals surface area contributed by atoms with Crippen LogP contribution in [0.5, 0.6) is 0 Å². The van der Waals surface area contributed by atoms with Crippen molar-refractivity contribution in [2.24, 2.45) is 0 Å². The van der Waals surface area contributed by atoms with Gasteiger partial charge in [-0.05, 0) is 19.9 Å². The predicted octanol–water partition coefficient (Wildman–Crippen LogP) is 1.34. The van der Waals surface area contributed by atoms with Crippen LogP contribution < -0.4 is 5.73 Å². The molecule has 1 heterocycles. The lowest BCUT2D eigenvalue weighted by Crippen LogP contribution is -2.36. The van der Waals surface area contributed by atoms with Gasteiger partial charge < -0.3 is 15.4 Å². The molecule has 0 aromatic carbocycles. The van der Waals surface area contributed by atoms with Crippen molar-refractivity contribution in [1.82, 2.24) is 9.88 Å². The van der Waals surface area contributed by atoms with Gasteiger partial charge in [0.1, 0.15) is 11.7 Å². The lowest BCUT2D eigenvalue weighted by Gasteiger charge is -2.20. The van der Waals surface area contributed by atoms with Gasteiger partial charge in [-0.15, -0.1) is 0 Å². The number of pyridine rings is 1. The third kappa shape index (κ3) is 4.10. The van der Waals surface area contributed by atoms with Crippen LogP contribution >= 0.6 is 11.6 Å². The van der Waals surface area contributed by atoms with Crippen molar-refractivity contribution in [1.29, 1.82) is 0 Å². The van der Waals surface area contributed by atoms with Crippen molar-refractivity contribution in [2.45, 2.75) is 13.8 Å². The van der Waals surface area contributed by atoms with Crippen LogP contribution in [-0.4, -0.2) is 41.5 Å². The molecule has 1 aromatic heterocycles. The molecule has 0 atom stereocenters. The number of esters is 1. The molecule has 6 nitrogen and oxygen atoms in total. The summed E-state index contributed by atoms with van der Waals surface area (Å²) in [6, 6.07) is 1.38. The highest BCUT2D eigenvalue weighted by molar-refractivity contribution is 6.29. The second kappa shape index (κ2) is 6.94. The van der Waals surface area contributed by atoms with Crippen LogP contribution in [0, 0.1) is 0 Å². The van der Waals surface area contributed by atoms with E-state index in [0.717, 1.165) is 0 Å². The Morgan fingerprint density at radius 2 is 2.16 bits per heavy atom. The highest BCUT2D eigenvalue weighted by Gasteiger charge is 2.20. The van der Waals surface area contributed by atoms with Crippen molar-refractivity contribution in [3.05, 3.63) is 23.0 Å². The average Bonchev–Trinajstić information content (AvgIpc) is 2.38. The normalized spacial score (nSPS) is 10.1. The Morgan fingerprint density at radius 1 is 1.47 bits per heavy atom. The number of likely N-dealkylation sites (N-methyl/N-ethyl adjacent to an activating group) is 1. The molecule has 1 aromatic rings. The molecule has 0 bridgehead atoms. The summed E-state index contributed by atoms with van der Waals surface area (Å²) in [6.07, 6.45) is 1.31. The van der Waals surface area contributed by atoms with Gasteiger partial charge in [0, 0.05) is 6.54 Å². The van der Waals surface area contributed by atoms with Gasteiger partial charge in [0.25, 0.3) is 5.91 Å². The van der Waals surface area contributed by atoms with Gasteiger partial charge in [-0.2, -0.15) is 0 Å². The number of rotatable bonds is 5. The molecule has 0 saturated carbocycles. The van der Waals surface area contributed by atoms with E-state index < -0.39 is 5.97 Å². The number of ether oxygens (including phenoxy) is 1. The fraction of sp³-hybridized carbons (Fsp3) is 0.417. The van der Waals surface area contributed by atoms with Crippen molar-refractivity contribution < 1.29 is 14.3 Å². The number of hydrogen-bond donors (Lipinski definition) is 1. The highest BCUT2D eigenvalue weighted by Crippen LogP contribution is 2.17. The van der Waals surface area contributed by atoms with Gasteiger partial charge in [-0.1, -0.05) is 11.6 Å². The van der Waals surface area contributed by atoms with Gasteiger partial charge in [-0.3, -0.25) is 9.59 Å². The first-order valence-electron chi connectivity index (χ1n) is 5.85. The van der Waals surface area contributed by atoms with Crippen molar-refractivity contribution >= 4 is 29.2 Å². The van der Waals surface area contributed by atoms with E-state index >= 15 is 0 Å². The van der Waals surface area contributed by atoms with Gasteiger partial charge in [0.15, 0.2) is 0 Å². The Hall–Kier alpha value is -1.82. The zero-order valence-corrected chi connectivity index (χ0v) is 11.6. The summed E-state index contributed by atoms with van der Waals surface area (Å²) in [5.74, 6) is -0.839. The summed E-state index contributed by atoms with van der Waals surface area (Å²) in [7, 11) is 0. The number of hydrogen-bond acceptors (Lipinski definition) is 5. The maximum Gasteiger partial charge on any atom is 0.325 e. The van der Waals surface area contributed by atoms with Crippen LogP contribution in [0.2, 0.25) is 5.15 Å². The number of carbonyl (C=O) groups excluding carboxylic acids is 2. The summed E-state index contributed by atoms with van der Waals surface area (Å²) in [4.78, 5) is 28.8. The minimum absolute atomic E-state index is 0.122. The van der Waals surface area contributed by atoms with E-state index in [4.69, 9.17) is 22.1 Å². The Bertz CT molecular complexity index is 479. The van der Waals surface area contributed by atoms with Crippen LogP contribution in [0.25, 0.3) is 0 Å². The Labute approximate surface area is 116 Å². The smallest absolute Gasteiger partial charge is 0.325 e. The van der Waals surface area contributed by atoms with Crippen LogP contribution in [0.4, 0.5) is 5.69 Å². The molecule has 0 aliphatic heterocycles. The first-order chi connectivity index (χ1) is 8.99. The van der Waals surface area contributed by atoms with E-state index in [1.807, 2.05) is 0 Å². The monoisotopic (exact) mass is 285 g/mol. The maximum absolute atomic E-state index is 12.2. The molecule has 19 heavy (non-hydrogen) atoms. The number of aromatic nitrogens is 1. The summed E-state index contributed by atoms with van der Waals surface area (Å²) in [5, 5.41) is 0.171. The second-order valence-corrected chi connectivity index (χ2v) is 4.11. The van der Waals surface area contributed by atoms with E-state index in [1.54, 1.807) is 13.8 Å². The van der Waals surface area contributed by atoms with Crippen molar-refractivity contribution in [2.75, 3.05) is 25.4 Å². The van der Waals surface area contributed by atoms with Crippen LogP contribution in [-0.2, 0) is 9.53 Å².